The molecule has 0 aromatic rings. The molecule has 1 fully saturated rings. The predicted molar refractivity (Wildman–Crippen MR) is 218 cm³/mol. The van der Waals surface area contributed by atoms with Crippen LogP contribution in [0.1, 0.15) is 155 Å². The number of phosphoric ester groups is 1. The Morgan fingerprint density at radius 1 is 0.714 bits per heavy atom. The van der Waals surface area contributed by atoms with Crippen LogP contribution in [0.2, 0.25) is 0 Å². The Balaban J connectivity index is 2.35. The Morgan fingerprint density at radius 3 is 1.98 bits per heavy atom. The van der Waals surface area contributed by atoms with Crippen LogP contribution in [-0.2, 0) is 32.9 Å². The molecule has 1 rings (SSSR count). The molecule has 56 heavy (non-hydrogen) atoms. The van der Waals surface area contributed by atoms with Crippen LogP contribution in [0.25, 0.3) is 0 Å². The van der Waals surface area contributed by atoms with E-state index >= 15 is 0 Å². The van der Waals surface area contributed by atoms with Crippen molar-refractivity contribution in [2.75, 3.05) is 13.2 Å². The number of ether oxygens (including phenoxy) is 2. The second-order valence-corrected chi connectivity index (χ2v) is 16.2. The van der Waals surface area contributed by atoms with Crippen molar-refractivity contribution in [3.63, 3.8) is 0 Å². The fraction of sp³-hybridized carbons (Fsp3) is 0.744. The summed E-state index contributed by atoms with van der Waals surface area (Å²) in [7, 11) is -4.86. The zero-order chi connectivity index (χ0) is 41.4. The molecule has 0 radical (unpaired) electrons. The topological polar surface area (TPSA) is 197 Å². The maximum absolute atomic E-state index is 12.7. The Morgan fingerprint density at radius 2 is 1.30 bits per heavy atom. The molecule has 0 aromatic carbocycles. The van der Waals surface area contributed by atoms with Gasteiger partial charge in [0, 0.05) is 43.9 Å². The SMILES string of the molecule is CCCCCCCC/C=C\C/C=C\C/C=C\CCCC(=O)O[C@H](COC(=O)CCCCC(=O)C[C@@H]1[C@@H](/C=C/[C@@H](O)CCCCC)[C@H](O)C[C@@H]1O)COP(=O)(O)O. The molecule has 0 aromatic heterocycles. The molecule has 0 unspecified atom stereocenters. The lowest BCUT2D eigenvalue weighted by molar-refractivity contribution is -0.161. The summed E-state index contributed by atoms with van der Waals surface area (Å²) in [6.07, 6.45) is 29.0. The third-order valence-electron chi connectivity index (χ3n) is 9.80. The number of hydrogen-bond donors (Lipinski definition) is 5. The molecule has 0 aliphatic heterocycles. The molecule has 0 bridgehead atoms. The van der Waals surface area contributed by atoms with Crippen molar-refractivity contribution in [2.24, 2.45) is 11.8 Å². The second kappa shape index (κ2) is 32.5. The third kappa shape index (κ3) is 28.0. The average Bonchev–Trinajstić information content (AvgIpc) is 3.41. The second-order valence-electron chi connectivity index (χ2n) is 14.9. The van der Waals surface area contributed by atoms with Crippen molar-refractivity contribution in [3.05, 3.63) is 48.6 Å². The van der Waals surface area contributed by atoms with Crippen LogP contribution < -0.4 is 0 Å². The van der Waals surface area contributed by atoms with Gasteiger partial charge in [0.25, 0.3) is 0 Å². The van der Waals surface area contributed by atoms with Gasteiger partial charge in [-0.05, 0) is 57.8 Å². The first kappa shape index (κ1) is 51.6. The summed E-state index contributed by atoms with van der Waals surface area (Å²) in [5, 5.41) is 31.2. The highest BCUT2D eigenvalue weighted by molar-refractivity contribution is 7.46. The summed E-state index contributed by atoms with van der Waals surface area (Å²) in [4.78, 5) is 55.8. The number of allylic oxidation sites excluding steroid dienone is 6. The van der Waals surface area contributed by atoms with Gasteiger partial charge in [-0.15, -0.1) is 0 Å². The number of esters is 2. The van der Waals surface area contributed by atoms with Crippen LogP contribution >= 0.6 is 7.82 Å². The van der Waals surface area contributed by atoms with E-state index in [-0.39, 0.29) is 37.9 Å². The Bertz CT molecular complexity index is 1230. The summed E-state index contributed by atoms with van der Waals surface area (Å²) < 4.78 is 26.2. The van der Waals surface area contributed by atoms with E-state index in [2.05, 4.69) is 42.7 Å². The van der Waals surface area contributed by atoms with Gasteiger partial charge < -0.3 is 34.6 Å². The monoisotopic (exact) mass is 812 g/mol. The van der Waals surface area contributed by atoms with Gasteiger partial charge in [-0.3, -0.25) is 18.9 Å². The normalized spacial score (nSPS) is 20.1. The van der Waals surface area contributed by atoms with E-state index in [1.54, 1.807) is 12.2 Å². The van der Waals surface area contributed by atoms with Crippen LogP contribution in [0.5, 0.6) is 0 Å². The molecule has 1 aliphatic rings. The Labute approximate surface area is 336 Å². The molecule has 0 amide bonds. The van der Waals surface area contributed by atoms with Gasteiger partial charge in [0.05, 0.1) is 24.9 Å². The van der Waals surface area contributed by atoms with Crippen molar-refractivity contribution in [1.29, 1.82) is 0 Å². The standard InChI is InChI=1S/C43H73O12P/c1-3-5-7-8-9-10-11-12-13-14-15-16-17-18-19-20-22-28-43(49)55-37(34-54-56(50,51)52)33-53-42(48)27-24-23-26-36(45)31-39-38(40(46)32-41(39)47)30-29-35(44)25-21-6-4-2/h12-13,15-16,18-19,29-30,35,37-41,44,46-47H,3-11,14,17,20-28,31-34H2,1-2H3,(H2,50,51,52)/b13-12-,16-15-,19-18-,30-29+/t35-,37+,38+,39+,40+,41-/m0/s1. The molecule has 322 valence electrons. The molecular weight excluding hydrogens is 739 g/mol. The molecule has 0 saturated heterocycles. The lowest BCUT2D eigenvalue weighted by Crippen LogP contribution is -2.29. The lowest BCUT2D eigenvalue weighted by atomic mass is 9.87. The molecule has 13 heteroatoms. The largest absolute Gasteiger partial charge is 0.469 e. The fourth-order valence-corrected chi connectivity index (χ4v) is 6.92. The van der Waals surface area contributed by atoms with Crippen LogP contribution in [0.3, 0.4) is 0 Å². The summed E-state index contributed by atoms with van der Waals surface area (Å²) >= 11 is 0. The van der Waals surface area contributed by atoms with Crippen LogP contribution in [0.15, 0.2) is 48.6 Å². The zero-order valence-electron chi connectivity index (χ0n) is 34.1. The molecule has 1 saturated carbocycles. The molecule has 0 heterocycles. The van der Waals surface area contributed by atoms with E-state index in [1.165, 1.54) is 38.5 Å². The maximum atomic E-state index is 12.7. The van der Waals surface area contributed by atoms with Crippen molar-refractivity contribution in [2.45, 2.75) is 180 Å². The molecule has 1 aliphatic carbocycles. The Hall–Kier alpha value is -2.44. The number of aliphatic hydroxyl groups excluding tert-OH is 3. The van der Waals surface area contributed by atoms with Crippen LogP contribution in [0, 0.1) is 11.8 Å². The van der Waals surface area contributed by atoms with Crippen molar-refractivity contribution < 1.29 is 58.1 Å². The first-order chi connectivity index (χ1) is 26.9. The van der Waals surface area contributed by atoms with E-state index in [1.807, 2.05) is 12.2 Å². The van der Waals surface area contributed by atoms with Gasteiger partial charge in [0.15, 0.2) is 6.10 Å². The quantitative estimate of drug-likeness (QED) is 0.0181. The number of phosphoric acid groups is 1. The Kier molecular flexibility index (Phi) is 29.9. The summed E-state index contributed by atoms with van der Waals surface area (Å²) in [6, 6.07) is 0. The first-order valence-electron chi connectivity index (χ1n) is 21.1. The van der Waals surface area contributed by atoms with Gasteiger partial charge in [0.2, 0.25) is 0 Å². The van der Waals surface area contributed by atoms with Crippen LogP contribution in [-0.4, -0.2) is 80.5 Å². The number of carbonyl (C=O) groups excluding carboxylic acids is 3. The number of carbonyl (C=O) groups is 3. The highest BCUT2D eigenvalue weighted by atomic mass is 31.2. The van der Waals surface area contributed by atoms with E-state index < -0.39 is 69.2 Å². The first-order valence-corrected chi connectivity index (χ1v) is 22.6. The van der Waals surface area contributed by atoms with Crippen molar-refractivity contribution >= 4 is 25.5 Å². The molecular formula is C43H73O12P. The fourth-order valence-electron chi connectivity index (χ4n) is 6.56. The summed E-state index contributed by atoms with van der Waals surface area (Å²) in [6.45, 7) is 3.20. The van der Waals surface area contributed by atoms with Gasteiger partial charge in [-0.2, -0.15) is 0 Å². The molecule has 5 N–H and O–H groups in total. The van der Waals surface area contributed by atoms with Gasteiger partial charge in [-0.1, -0.05) is 114 Å². The van der Waals surface area contributed by atoms with E-state index in [9.17, 15) is 34.3 Å². The number of Topliss-reactive ketones (excluding diaryl/α,β-unsaturated/α-hetero) is 1. The van der Waals surface area contributed by atoms with E-state index in [4.69, 9.17) is 19.3 Å². The number of ketones is 1. The van der Waals surface area contributed by atoms with Crippen molar-refractivity contribution in [3.8, 4) is 0 Å². The summed E-state index contributed by atoms with van der Waals surface area (Å²) in [5.41, 5.74) is 0. The third-order valence-corrected chi connectivity index (χ3v) is 10.3. The predicted octanol–water partition coefficient (Wildman–Crippen LogP) is 8.30. The van der Waals surface area contributed by atoms with Gasteiger partial charge in [0.1, 0.15) is 12.4 Å². The average molecular weight is 813 g/mol. The molecule has 0 spiro atoms. The summed E-state index contributed by atoms with van der Waals surface area (Å²) in [5.74, 6) is -2.24. The smallest absolute Gasteiger partial charge is 0.462 e. The lowest BCUT2D eigenvalue weighted by Gasteiger charge is -2.20. The highest BCUT2D eigenvalue weighted by Crippen LogP contribution is 2.37. The zero-order valence-corrected chi connectivity index (χ0v) is 35.0. The van der Waals surface area contributed by atoms with E-state index in [0.29, 0.717) is 32.1 Å². The maximum Gasteiger partial charge on any atom is 0.469 e. The number of hydrogen-bond acceptors (Lipinski definition) is 10. The number of unbranched alkanes of at least 4 members (excludes halogenated alkanes) is 10. The molecule has 12 nitrogen and oxygen atoms in total. The van der Waals surface area contributed by atoms with Gasteiger partial charge in [-0.25, -0.2) is 4.57 Å². The minimum absolute atomic E-state index is 0.0309. The van der Waals surface area contributed by atoms with Gasteiger partial charge >= 0.3 is 19.8 Å². The molecule has 6 atom stereocenters. The highest BCUT2D eigenvalue weighted by Gasteiger charge is 2.41. The number of aliphatic hydroxyl groups is 3. The minimum Gasteiger partial charge on any atom is -0.462 e. The van der Waals surface area contributed by atoms with E-state index in [0.717, 1.165) is 38.5 Å². The minimum atomic E-state index is -4.86. The van der Waals surface area contributed by atoms with Crippen LogP contribution in [0.4, 0.5) is 0 Å². The number of rotatable bonds is 34. The van der Waals surface area contributed by atoms with Crippen molar-refractivity contribution in [1.82, 2.24) is 0 Å².